The van der Waals surface area contributed by atoms with Crippen molar-refractivity contribution in [3.63, 3.8) is 0 Å². The number of amides is 1. The lowest BCUT2D eigenvalue weighted by atomic mass is 9.95. The SMILES string of the molecule is CC(=O)c1csc(NC(=O)[C@H]2CC(C)C[C@H]2C(=O)O)n1. The molecule has 0 radical (unpaired) electrons. The molecule has 0 aliphatic heterocycles. The minimum Gasteiger partial charge on any atom is -0.481 e. The number of rotatable bonds is 4. The van der Waals surface area contributed by atoms with Crippen LogP contribution in [0.15, 0.2) is 5.38 Å². The van der Waals surface area contributed by atoms with Crippen molar-refractivity contribution in [2.24, 2.45) is 17.8 Å². The first kappa shape index (κ1) is 14.6. The summed E-state index contributed by atoms with van der Waals surface area (Å²) in [4.78, 5) is 38.5. The fraction of sp³-hybridized carbons (Fsp3) is 0.538. The highest BCUT2D eigenvalue weighted by molar-refractivity contribution is 7.14. The molecule has 1 aromatic rings. The van der Waals surface area contributed by atoms with E-state index in [1.807, 2.05) is 6.92 Å². The minimum atomic E-state index is -0.932. The van der Waals surface area contributed by atoms with Crippen LogP contribution in [-0.2, 0) is 9.59 Å². The molecule has 0 spiro atoms. The van der Waals surface area contributed by atoms with Crippen LogP contribution >= 0.6 is 11.3 Å². The molecule has 1 heterocycles. The lowest BCUT2D eigenvalue weighted by Crippen LogP contribution is -2.29. The average molecular weight is 296 g/mol. The fourth-order valence-corrected chi connectivity index (χ4v) is 3.30. The lowest BCUT2D eigenvalue weighted by Gasteiger charge is -2.14. The number of hydrogen-bond acceptors (Lipinski definition) is 5. The molecule has 0 bridgehead atoms. The Morgan fingerprint density at radius 2 is 2.00 bits per heavy atom. The van der Waals surface area contributed by atoms with Crippen LogP contribution in [0.3, 0.4) is 0 Å². The summed E-state index contributed by atoms with van der Waals surface area (Å²) in [5.41, 5.74) is 0.305. The maximum absolute atomic E-state index is 12.2. The second-order valence-electron chi connectivity index (χ2n) is 5.21. The van der Waals surface area contributed by atoms with E-state index in [9.17, 15) is 14.4 Å². The predicted octanol–water partition coefficient (Wildman–Crippen LogP) is 2.03. The number of nitrogens with zero attached hydrogens (tertiary/aromatic N) is 1. The summed E-state index contributed by atoms with van der Waals surface area (Å²) in [6, 6.07) is 0. The molecule has 2 rings (SSSR count). The second-order valence-corrected chi connectivity index (χ2v) is 6.07. The number of Topliss-reactive ketones (excluding diaryl/α,β-unsaturated/α-hetero) is 1. The van der Waals surface area contributed by atoms with E-state index in [-0.39, 0.29) is 17.6 Å². The molecule has 1 unspecified atom stereocenters. The van der Waals surface area contributed by atoms with Crippen LogP contribution in [0.4, 0.5) is 5.13 Å². The van der Waals surface area contributed by atoms with E-state index in [0.717, 1.165) is 11.3 Å². The van der Waals surface area contributed by atoms with Crippen molar-refractivity contribution >= 4 is 34.1 Å². The average Bonchev–Trinajstić information content (AvgIpc) is 2.95. The number of aliphatic carboxylic acids is 1. The molecule has 20 heavy (non-hydrogen) atoms. The van der Waals surface area contributed by atoms with E-state index in [4.69, 9.17) is 5.11 Å². The number of carboxylic acids is 1. The Labute approximate surface area is 120 Å². The van der Waals surface area contributed by atoms with Gasteiger partial charge in [0.25, 0.3) is 0 Å². The van der Waals surface area contributed by atoms with E-state index < -0.39 is 17.8 Å². The maximum Gasteiger partial charge on any atom is 0.307 e. The Bertz CT molecular complexity index is 554. The normalized spacial score (nSPS) is 25.4. The van der Waals surface area contributed by atoms with E-state index in [2.05, 4.69) is 10.3 Å². The van der Waals surface area contributed by atoms with Crippen LogP contribution in [0.2, 0.25) is 0 Å². The molecule has 0 aromatic carbocycles. The zero-order valence-corrected chi connectivity index (χ0v) is 12.1. The summed E-state index contributed by atoms with van der Waals surface area (Å²) in [6.45, 7) is 3.35. The topological polar surface area (TPSA) is 96.4 Å². The second kappa shape index (κ2) is 5.70. The largest absolute Gasteiger partial charge is 0.481 e. The van der Waals surface area contributed by atoms with Crippen molar-refractivity contribution in [3.05, 3.63) is 11.1 Å². The molecular formula is C13H16N2O4S. The predicted molar refractivity (Wildman–Crippen MR) is 73.8 cm³/mol. The Morgan fingerprint density at radius 1 is 1.35 bits per heavy atom. The van der Waals surface area contributed by atoms with Crippen LogP contribution in [0.5, 0.6) is 0 Å². The highest BCUT2D eigenvalue weighted by Gasteiger charge is 2.41. The molecule has 1 aromatic heterocycles. The van der Waals surface area contributed by atoms with Gasteiger partial charge in [0.15, 0.2) is 10.9 Å². The van der Waals surface area contributed by atoms with Gasteiger partial charge in [0.2, 0.25) is 5.91 Å². The number of thiazole rings is 1. The highest BCUT2D eigenvalue weighted by Crippen LogP contribution is 2.37. The first-order valence-electron chi connectivity index (χ1n) is 6.38. The maximum atomic E-state index is 12.2. The van der Waals surface area contributed by atoms with Gasteiger partial charge in [-0.1, -0.05) is 6.92 Å². The van der Waals surface area contributed by atoms with Crippen LogP contribution in [0.1, 0.15) is 37.2 Å². The third-order valence-corrected chi connectivity index (χ3v) is 4.31. The summed E-state index contributed by atoms with van der Waals surface area (Å²) >= 11 is 1.16. The number of anilines is 1. The molecule has 1 saturated carbocycles. The summed E-state index contributed by atoms with van der Waals surface area (Å²) in [6.07, 6.45) is 1.08. The van der Waals surface area contributed by atoms with Crippen molar-refractivity contribution in [3.8, 4) is 0 Å². The van der Waals surface area contributed by atoms with Gasteiger partial charge in [-0.2, -0.15) is 0 Å². The zero-order valence-electron chi connectivity index (χ0n) is 11.3. The van der Waals surface area contributed by atoms with Crippen LogP contribution in [-0.4, -0.2) is 27.8 Å². The summed E-state index contributed by atoms with van der Waals surface area (Å²) in [5, 5.41) is 13.7. The van der Waals surface area contributed by atoms with Crippen molar-refractivity contribution < 1.29 is 19.5 Å². The van der Waals surface area contributed by atoms with Crippen LogP contribution < -0.4 is 5.32 Å². The van der Waals surface area contributed by atoms with Gasteiger partial charge in [-0.25, -0.2) is 4.98 Å². The van der Waals surface area contributed by atoms with Gasteiger partial charge < -0.3 is 10.4 Å². The van der Waals surface area contributed by atoms with Gasteiger partial charge >= 0.3 is 5.97 Å². The summed E-state index contributed by atoms with van der Waals surface area (Å²) < 4.78 is 0. The highest BCUT2D eigenvalue weighted by atomic mass is 32.1. The van der Waals surface area contributed by atoms with E-state index in [0.29, 0.717) is 23.7 Å². The van der Waals surface area contributed by atoms with Crippen LogP contribution in [0.25, 0.3) is 0 Å². The third-order valence-electron chi connectivity index (χ3n) is 3.55. The lowest BCUT2D eigenvalue weighted by molar-refractivity contribution is -0.145. The molecule has 108 valence electrons. The summed E-state index contributed by atoms with van der Waals surface area (Å²) in [7, 11) is 0. The van der Waals surface area contributed by atoms with Crippen LogP contribution in [0, 0.1) is 17.8 Å². The Kier molecular flexibility index (Phi) is 4.17. The van der Waals surface area contributed by atoms with E-state index in [1.165, 1.54) is 6.92 Å². The Hall–Kier alpha value is -1.76. The molecule has 3 atom stereocenters. The van der Waals surface area contributed by atoms with E-state index in [1.54, 1.807) is 5.38 Å². The molecule has 7 heteroatoms. The number of hydrogen-bond donors (Lipinski definition) is 2. The standard InChI is InChI=1S/C13H16N2O4S/c1-6-3-8(9(4-6)12(18)19)11(17)15-13-14-10(5-20-13)7(2)16/h5-6,8-9H,3-4H2,1-2H3,(H,18,19)(H,14,15,17)/t6?,8-,9+/m0/s1. The number of carbonyl (C=O) groups excluding carboxylic acids is 2. The monoisotopic (exact) mass is 296 g/mol. The van der Waals surface area contributed by atoms with Crippen molar-refractivity contribution in [1.82, 2.24) is 4.98 Å². The third kappa shape index (κ3) is 3.04. The minimum absolute atomic E-state index is 0.167. The molecule has 0 saturated heterocycles. The fourth-order valence-electron chi connectivity index (χ4n) is 2.55. The molecule has 1 amide bonds. The molecular weight excluding hydrogens is 280 g/mol. The van der Waals surface area contributed by atoms with Gasteiger partial charge in [0, 0.05) is 12.3 Å². The van der Waals surface area contributed by atoms with Crippen molar-refractivity contribution in [2.45, 2.75) is 26.7 Å². The smallest absolute Gasteiger partial charge is 0.307 e. The van der Waals surface area contributed by atoms with E-state index >= 15 is 0 Å². The van der Waals surface area contributed by atoms with Gasteiger partial charge in [-0.15, -0.1) is 11.3 Å². The molecule has 6 nitrogen and oxygen atoms in total. The van der Waals surface area contributed by atoms with Gasteiger partial charge in [0.1, 0.15) is 5.69 Å². The zero-order chi connectivity index (χ0) is 14.9. The van der Waals surface area contributed by atoms with Gasteiger partial charge in [-0.3, -0.25) is 14.4 Å². The number of carbonyl (C=O) groups is 3. The van der Waals surface area contributed by atoms with Crippen molar-refractivity contribution in [1.29, 1.82) is 0 Å². The van der Waals surface area contributed by atoms with Gasteiger partial charge in [-0.05, 0) is 18.8 Å². The molecule has 2 N–H and O–H groups in total. The summed E-state index contributed by atoms with van der Waals surface area (Å²) in [5.74, 6) is -2.38. The van der Waals surface area contributed by atoms with Gasteiger partial charge in [0.05, 0.1) is 11.8 Å². The number of nitrogens with one attached hydrogen (secondary N) is 1. The molecule has 1 fully saturated rings. The quantitative estimate of drug-likeness (QED) is 0.829. The Morgan fingerprint density at radius 3 is 2.55 bits per heavy atom. The number of ketones is 1. The first-order valence-corrected chi connectivity index (χ1v) is 7.26. The number of carboxylic acid groups (broad SMARTS) is 1. The number of aromatic nitrogens is 1. The molecule has 1 aliphatic carbocycles. The molecule has 1 aliphatic rings. The van der Waals surface area contributed by atoms with Crippen molar-refractivity contribution in [2.75, 3.05) is 5.32 Å². The first-order chi connectivity index (χ1) is 9.38. The Balaban J connectivity index is 2.07.